The van der Waals surface area contributed by atoms with Crippen molar-refractivity contribution in [1.29, 1.82) is 0 Å². The molecular weight excluding hydrogens is 272 g/mol. The van der Waals surface area contributed by atoms with E-state index in [1.165, 1.54) is 4.90 Å². The Morgan fingerprint density at radius 1 is 1.38 bits per heavy atom. The van der Waals surface area contributed by atoms with Gasteiger partial charge in [-0.25, -0.2) is 0 Å². The highest BCUT2D eigenvalue weighted by Crippen LogP contribution is 2.12. The number of rotatable bonds is 4. The zero-order valence-corrected chi connectivity index (χ0v) is 11.8. The minimum absolute atomic E-state index is 0.0309. The Morgan fingerprint density at radius 3 is 2.67 bits per heavy atom. The van der Waals surface area contributed by atoms with Crippen LogP contribution in [0.25, 0.3) is 0 Å². The van der Waals surface area contributed by atoms with E-state index in [9.17, 15) is 14.4 Å². The van der Waals surface area contributed by atoms with Gasteiger partial charge >= 0.3 is 0 Å². The molecule has 4 N–H and O–H groups in total. The number of hydrogen-bond acceptors (Lipinski definition) is 5. The van der Waals surface area contributed by atoms with Crippen LogP contribution in [0.4, 0.5) is 5.69 Å². The third kappa shape index (κ3) is 3.87. The molecule has 3 amide bonds. The Labute approximate surface area is 122 Å². The van der Waals surface area contributed by atoms with Crippen molar-refractivity contribution in [1.82, 2.24) is 10.2 Å². The van der Waals surface area contributed by atoms with Gasteiger partial charge in [0.2, 0.25) is 17.7 Å². The van der Waals surface area contributed by atoms with Gasteiger partial charge in [0.1, 0.15) is 0 Å². The second kappa shape index (κ2) is 6.47. The van der Waals surface area contributed by atoms with Crippen molar-refractivity contribution in [3.63, 3.8) is 0 Å². The number of nitrogens with two attached hydrogens (primary N) is 1. The average molecular weight is 290 g/mol. The van der Waals surface area contributed by atoms with E-state index in [0.29, 0.717) is 12.2 Å². The largest absolute Gasteiger partial charge is 0.326 e. The van der Waals surface area contributed by atoms with Crippen molar-refractivity contribution in [2.45, 2.75) is 19.5 Å². The topological polar surface area (TPSA) is 105 Å². The number of piperazine rings is 1. The van der Waals surface area contributed by atoms with Crippen LogP contribution in [0.5, 0.6) is 0 Å². The van der Waals surface area contributed by atoms with Gasteiger partial charge < -0.3 is 11.1 Å². The van der Waals surface area contributed by atoms with Crippen LogP contribution in [0.15, 0.2) is 24.3 Å². The number of anilines is 1. The predicted octanol–water partition coefficient (Wildman–Crippen LogP) is -0.569. The first-order valence-corrected chi connectivity index (χ1v) is 6.66. The van der Waals surface area contributed by atoms with E-state index in [1.54, 1.807) is 25.1 Å². The maximum atomic E-state index is 12.2. The van der Waals surface area contributed by atoms with Crippen molar-refractivity contribution in [2.24, 2.45) is 5.73 Å². The molecule has 7 heteroatoms. The first-order valence-electron chi connectivity index (χ1n) is 6.66. The molecule has 1 saturated heterocycles. The third-order valence-electron chi connectivity index (χ3n) is 3.33. The van der Waals surface area contributed by atoms with E-state index in [0.717, 1.165) is 5.56 Å². The molecular formula is C14H18N4O3. The fourth-order valence-electron chi connectivity index (χ4n) is 2.12. The van der Waals surface area contributed by atoms with Gasteiger partial charge in [0.25, 0.3) is 0 Å². The van der Waals surface area contributed by atoms with Gasteiger partial charge in [-0.15, -0.1) is 0 Å². The van der Waals surface area contributed by atoms with Crippen LogP contribution in [0.3, 0.4) is 0 Å². The van der Waals surface area contributed by atoms with Crippen molar-refractivity contribution in [3.8, 4) is 0 Å². The van der Waals surface area contributed by atoms with Crippen LogP contribution in [0.1, 0.15) is 12.5 Å². The summed E-state index contributed by atoms with van der Waals surface area (Å²) in [6, 6.07) is 6.64. The Bertz CT molecular complexity index is 557. The molecule has 0 aromatic heterocycles. The molecule has 0 radical (unpaired) electrons. The predicted molar refractivity (Wildman–Crippen MR) is 77.1 cm³/mol. The highest BCUT2D eigenvalue weighted by Gasteiger charge is 2.29. The van der Waals surface area contributed by atoms with Gasteiger partial charge in [0, 0.05) is 12.2 Å². The number of nitrogens with zero attached hydrogens (tertiary/aromatic N) is 1. The zero-order valence-electron chi connectivity index (χ0n) is 11.8. The highest BCUT2D eigenvalue weighted by atomic mass is 16.2. The Balaban J connectivity index is 2.01. The molecule has 2 rings (SSSR count). The summed E-state index contributed by atoms with van der Waals surface area (Å²) in [6.45, 7) is 2.11. The van der Waals surface area contributed by atoms with Crippen molar-refractivity contribution in [3.05, 3.63) is 29.8 Å². The van der Waals surface area contributed by atoms with Gasteiger partial charge in [0.05, 0.1) is 19.1 Å². The van der Waals surface area contributed by atoms with E-state index in [4.69, 9.17) is 5.73 Å². The Kier molecular flexibility index (Phi) is 4.66. The summed E-state index contributed by atoms with van der Waals surface area (Å²) in [6.07, 6.45) is 0. The summed E-state index contributed by atoms with van der Waals surface area (Å²) >= 11 is 0. The molecule has 1 aromatic carbocycles. The smallest absolute Gasteiger partial charge is 0.241 e. The lowest BCUT2D eigenvalue weighted by molar-refractivity contribution is -0.138. The number of hydrogen-bond donors (Lipinski definition) is 3. The Hall–Kier alpha value is -2.25. The molecule has 1 fully saturated rings. The van der Waals surface area contributed by atoms with Gasteiger partial charge in [0.15, 0.2) is 0 Å². The van der Waals surface area contributed by atoms with Crippen LogP contribution in [-0.4, -0.2) is 41.8 Å². The van der Waals surface area contributed by atoms with Crippen molar-refractivity contribution < 1.29 is 14.4 Å². The normalized spacial score (nSPS) is 17.2. The SMILES string of the molecule is CC(C(=O)Nc1cccc(CN)c1)N1CC(=O)NC(=O)C1. The van der Waals surface area contributed by atoms with Crippen LogP contribution < -0.4 is 16.4 Å². The van der Waals surface area contributed by atoms with Crippen LogP contribution in [-0.2, 0) is 20.9 Å². The molecule has 1 aromatic rings. The maximum absolute atomic E-state index is 12.2. The minimum Gasteiger partial charge on any atom is -0.326 e. The first kappa shape index (κ1) is 15.1. The molecule has 0 saturated carbocycles. The molecule has 21 heavy (non-hydrogen) atoms. The molecule has 112 valence electrons. The summed E-state index contributed by atoms with van der Waals surface area (Å²) < 4.78 is 0. The second-order valence-electron chi connectivity index (χ2n) is 4.95. The summed E-state index contributed by atoms with van der Waals surface area (Å²) in [5.74, 6) is -1.06. The second-order valence-corrected chi connectivity index (χ2v) is 4.95. The van der Waals surface area contributed by atoms with E-state index in [1.807, 2.05) is 6.07 Å². The van der Waals surface area contributed by atoms with Gasteiger partial charge in [-0.05, 0) is 24.6 Å². The number of carbonyl (C=O) groups is 3. The number of nitrogens with one attached hydrogen (secondary N) is 2. The molecule has 1 aliphatic rings. The molecule has 1 atom stereocenters. The monoisotopic (exact) mass is 290 g/mol. The summed E-state index contributed by atoms with van der Waals surface area (Å²) in [5, 5.41) is 4.97. The molecule has 1 heterocycles. The fraction of sp³-hybridized carbons (Fsp3) is 0.357. The molecule has 1 unspecified atom stereocenters. The quantitative estimate of drug-likeness (QED) is 0.644. The molecule has 7 nitrogen and oxygen atoms in total. The highest BCUT2D eigenvalue weighted by molar-refractivity contribution is 6.01. The maximum Gasteiger partial charge on any atom is 0.241 e. The van der Waals surface area contributed by atoms with Crippen molar-refractivity contribution >= 4 is 23.4 Å². The van der Waals surface area contributed by atoms with Crippen LogP contribution in [0.2, 0.25) is 0 Å². The van der Waals surface area contributed by atoms with Crippen molar-refractivity contribution in [2.75, 3.05) is 18.4 Å². The zero-order chi connectivity index (χ0) is 15.4. The Morgan fingerprint density at radius 2 is 2.05 bits per heavy atom. The number of carbonyl (C=O) groups excluding carboxylic acids is 3. The molecule has 0 bridgehead atoms. The van der Waals surface area contributed by atoms with Crippen LogP contribution in [0, 0.1) is 0 Å². The van der Waals surface area contributed by atoms with Crippen LogP contribution >= 0.6 is 0 Å². The summed E-state index contributed by atoms with van der Waals surface area (Å²) in [7, 11) is 0. The van der Waals surface area contributed by atoms with E-state index in [-0.39, 0.29) is 19.0 Å². The van der Waals surface area contributed by atoms with Gasteiger partial charge in [-0.3, -0.25) is 24.6 Å². The van der Waals surface area contributed by atoms with E-state index < -0.39 is 17.9 Å². The van der Waals surface area contributed by atoms with E-state index in [2.05, 4.69) is 10.6 Å². The number of amides is 3. The lowest BCUT2D eigenvalue weighted by atomic mass is 10.2. The fourth-order valence-corrected chi connectivity index (χ4v) is 2.12. The molecule has 0 aliphatic carbocycles. The lowest BCUT2D eigenvalue weighted by Crippen LogP contribution is -2.56. The number of benzene rings is 1. The van der Waals surface area contributed by atoms with Gasteiger partial charge in [-0.1, -0.05) is 12.1 Å². The number of imide groups is 1. The van der Waals surface area contributed by atoms with E-state index >= 15 is 0 Å². The average Bonchev–Trinajstić information content (AvgIpc) is 2.45. The minimum atomic E-state index is -0.582. The third-order valence-corrected chi connectivity index (χ3v) is 3.33. The lowest BCUT2D eigenvalue weighted by Gasteiger charge is -2.30. The standard InChI is InChI=1S/C14H18N4O3/c1-9(18-7-12(19)17-13(20)8-18)14(21)16-11-4-2-3-10(5-11)6-15/h2-5,9H,6-8,15H2,1H3,(H,16,21)(H,17,19,20). The molecule has 0 spiro atoms. The first-order chi connectivity index (χ1) is 9.99. The summed E-state index contributed by atoms with van der Waals surface area (Å²) in [4.78, 5) is 36.4. The van der Waals surface area contributed by atoms with Gasteiger partial charge in [-0.2, -0.15) is 0 Å². The summed E-state index contributed by atoms with van der Waals surface area (Å²) in [5.41, 5.74) is 7.11. The molecule has 1 aliphatic heterocycles.